The fourth-order valence-electron chi connectivity index (χ4n) is 4.59. The van der Waals surface area contributed by atoms with Gasteiger partial charge in [0.05, 0.1) is 4.90 Å². The Morgan fingerprint density at radius 2 is 1.51 bits per heavy atom. The molecule has 0 aromatic heterocycles. The summed E-state index contributed by atoms with van der Waals surface area (Å²) >= 11 is 0. The molecule has 0 unspecified atom stereocenters. The fourth-order valence-corrected chi connectivity index (χ4v) is 6.16. The molecule has 1 aliphatic heterocycles. The summed E-state index contributed by atoms with van der Waals surface area (Å²) in [5, 5.41) is 0. The van der Waals surface area contributed by atoms with Gasteiger partial charge in [0.2, 0.25) is 15.9 Å². The molecule has 1 fully saturated rings. The Morgan fingerprint density at radius 1 is 0.771 bits per heavy atom. The molecule has 1 heterocycles. The molecule has 2 N–H and O–H groups in total. The van der Waals surface area contributed by atoms with Gasteiger partial charge in [0.25, 0.3) is 5.91 Å². The molecule has 35 heavy (non-hydrogen) atoms. The molecule has 0 radical (unpaired) electrons. The van der Waals surface area contributed by atoms with Gasteiger partial charge < -0.3 is 0 Å². The SMILES string of the molecule is O=C(CCC(=O)c1ccc2c(c1)CCCC2)NNC(=O)c1cccc(S(=O)(=O)N2CCCCC2)c1. The highest BCUT2D eigenvalue weighted by molar-refractivity contribution is 7.89. The Balaban J connectivity index is 1.29. The van der Waals surface area contributed by atoms with Gasteiger partial charge in [-0.15, -0.1) is 0 Å². The number of nitrogens with one attached hydrogen (secondary N) is 2. The second-order valence-electron chi connectivity index (χ2n) is 9.11. The smallest absolute Gasteiger partial charge is 0.269 e. The molecule has 0 bridgehead atoms. The number of amides is 2. The van der Waals surface area contributed by atoms with E-state index in [4.69, 9.17) is 0 Å². The molecular formula is C26H31N3O5S. The van der Waals surface area contributed by atoms with Crippen molar-refractivity contribution in [2.24, 2.45) is 0 Å². The Hall–Kier alpha value is -3.04. The van der Waals surface area contributed by atoms with Crippen LogP contribution in [0.15, 0.2) is 47.4 Å². The number of carbonyl (C=O) groups is 3. The molecule has 2 aromatic rings. The molecule has 1 saturated heterocycles. The number of carbonyl (C=O) groups excluding carboxylic acids is 3. The quantitative estimate of drug-likeness (QED) is 0.451. The van der Waals surface area contributed by atoms with Crippen LogP contribution >= 0.6 is 0 Å². The molecule has 2 amide bonds. The zero-order chi connectivity index (χ0) is 24.8. The number of fused-ring (bicyclic) bond motifs is 1. The summed E-state index contributed by atoms with van der Waals surface area (Å²) in [5.74, 6) is -1.24. The molecule has 2 aliphatic rings. The van der Waals surface area contributed by atoms with Crippen LogP contribution in [-0.2, 0) is 27.7 Å². The van der Waals surface area contributed by atoms with Crippen molar-refractivity contribution in [1.29, 1.82) is 0 Å². The predicted octanol–water partition coefficient (Wildman–Crippen LogP) is 3.16. The van der Waals surface area contributed by atoms with Gasteiger partial charge in [0.15, 0.2) is 5.78 Å². The van der Waals surface area contributed by atoms with Crippen molar-refractivity contribution in [3.05, 3.63) is 64.7 Å². The number of aryl methyl sites for hydroxylation is 2. The van der Waals surface area contributed by atoms with Crippen molar-refractivity contribution >= 4 is 27.6 Å². The average molecular weight is 498 g/mol. The van der Waals surface area contributed by atoms with Gasteiger partial charge in [-0.1, -0.05) is 24.6 Å². The maximum Gasteiger partial charge on any atom is 0.269 e. The van der Waals surface area contributed by atoms with Crippen LogP contribution in [0.3, 0.4) is 0 Å². The zero-order valence-corrected chi connectivity index (χ0v) is 20.5. The van der Waals surface area contributed by atoms with Crippen molar-refractivity contribution in [1.82, 2.24) is 15.2 Å². The molecule has 2 aromatic carbocycles. The minimum atomic E-state index is -3.67. The number of nitrogens with zero attached hydrogens (tertiary/aromatic N) is 1. The number of rotatable bonds is 7. The second kappa shape index (κ2) is 11.1. The largest absolute Gasteiger partial charge is 0.294 e. The van der Waals surface area contributed by atoms with Crippen molar-refractivity contribution in [3.63, 3.8) is 0 Å². The third kappa shape index (κ3) is 6.15. The zero-order valence-electron chi connectivity index (χ0n) is 19.7. The van der Waals surface area contributed by atoms with Crippen molar-refractivity contribution in [2.45, 2.75) is 62.7 Å². The van der Waals surface area contributed by atoms with Gasteiger partial charge in [-0.25, -0.2) is 8.42 Å². The summed E-state index contributed by atoms with van der Waals surface area (Å²) in [7, 11) is -3.67. The van der Waals surface area contributed by atoms with E-state index in [1.165, 1.54) is 46.1 Å². The Labute approximate surface area is 206 Å². The first kappa shape index (κ1) is 25.1. The summed E-state index contributed by atoms with van der Waals surface area (Å²) in [6, 6.07) is 11.5. The minimum Gasteiger partial charge on any atom is -0.294 e. The van der Waals surface area contributed by atoms with Crippen molar-refractivity contribution < 1.29 is 22.8 Å². The van der Waals surface area contributed by atoms with Crippen LogP contribution in [0, 0.1) is 0 Å². The lowest BCUT2D eigenvalue weighted by Gasteiger charge is -2.26. The lowest BCUT2D eigenvalue weighted by Crippen LogP contribution is -2.41. The van der Waals surface area contributed by atoms with E-state index in [0.717, 1.165) is 38.5 Å². The number of hydrogen-bond donors (Lipinski definition) is 2. The number of piperidine rings is 1. The highest BCUT2D eigenvalue weighted by Crippen LogP contribution is 2.23. The van der Waals surface area contributed by atoms with Crippen molar-refractivity contribution in [2.75, 3.05) is 13.1 Å². The monoisotopic (exact) mass is 497 g/mol. The molecule has 8 nitrogen and oxygen atoms in total. The van der Waals surface area contributed by atoms with Crippen LogP contribution < -0.4 is 10.9 Å². The normalized spacial score (nSPS) is 16.2. The molecular weight excluding hydrogens is 466 g/mol. The summed E-state index contributed by atoms with van der Waals surface area (Å²) in [6.07, 6.45) is 6.92. The summed E-state index contributed by atoms with van der Waals surface area (Å²) in [4.78, 5) is 37.3. The van der Waals surface area contributed by atoms with Crippen LogP contribution in [0.25, 0.3) is 0 Å². The van der Waals surface area contributed by atoms with Crippen LogP contribution in [0.1, 0.15) is 76.8 Å². The Kier molecular flexibility index (Phi) is 7.97. The number of sulfonamides is 1. The number of hydrazine groups is 1. The highest BCUT2D eigenvalue weighted by atomic mass is 32.2. The van der Waals surface area contributed by atoms with E-state index in [1.807, 2.05) is 18.2 Å². The second-order valence-corrected chi connectivity index (χ2v) is 11.0. The maximum atomic E-state index is 12.9. The summed E-state index contributed by atoms with van der Waals surface area (Å²) in [6.45, 7) is 0.942. The van der Waals surface area contributed by atoms with Gasteiger partial charge >= 0.3 is 0 Å². The van der Waals surface area contributed by atoms with E-state index in [0.29, 0.717) is 18.7 Å². The first-order valence-electron chi connectivity index (χ1n) is 12.2. The summed E-state index contributed by atoms with van der Waals surface area (Å²) < 4.78 is 27.2. The van der Waals surface area contributed by atoms with E-state index in [-0.39, 0.29) is 29.1 Å². The highest BCUT2D eigenvalue weighted by Gasteiger charge is 2.26. The third-order valence-corrected chi connectivity index (χ3v) is 8.51. The number of hydrogen-bond acceptors (Lipinski definition) is 5. The van der Waals surface area contributed by atoms with E-state index >= 15 is 0 Å². The number of Topliss-reactive ketones (excluding diaryl/α,β-unsaturated/α-hetero) is 1. The molecule has 9 heteroatoms. The molecule has 186 valence electrons. The molecule has 4 rings (SSSR count). The van der Waals surface area contributed by atoms with E-state index in [9.17, 15) is 22.8 Å². The predicted molar refractivity (Wildman–Crippen MR) is 131 cm³/mol. The number of ketones is 1. The fraction of sp³-hybridized carbons (Fsp3) is 0.423. The minimum absolute atomic E-state index is 0.0318. The number of benzene rings is 2. The van der Waals surface area contributed by atoms with Gasteiger partial charge in [0.1, 0.15) is 0 Å². The van der Waals surface area contributed by atoms with Gasteiger partial charge in [-0.2, -0.15) is 4.31 Å². The van der Waals surface area contributed by atoms with E-state index < -0.39 is 21.8 Å². The lowest BCUT2D eigenvalue weighted by atomic mass is 9.89. The standard InChI is InChI=1S/C26H31N3O5S/c30-24(21-12-11-19-7-2-3-8-20(19)17-21)13-14-25(31)27-28-26(32)22-9-6-10-23(18-22)35(33,34)29-15-4-1-5-16-29/h6,9-12,17-18H,1-5,7-8,13-16H2,(H,27,31)(H,28,32). The lowest BCUT2D eigenvalue weighted by molar-refractivity contribution is -0.121. The molecule has 0 spiro atoms. The molecule has 1 aliphatic carbocycles. The van der Waals surface area contributed by atoms with E-state index in [1.54, 1.807) is 0 Å². The van der Waals surface area contributed by atoms with Crippen LogP contribution in [0.2, 0.25) is 0 Å². The average Bonchev–Trinajstić information content (AvgIpc) is 2.90. The van der Waals surface area contributed by atoms with Gasteiger partial charge in [-0.3, -0.25) is 25.2 Å². The van der Waals surface area contributed by atoms with Gasteiger partial charge in [0, 0.05) is 37.1 Å². The van der Waals surface area contributed by atoms with Crippen LogP contribution in [0.4, 0.5) is 0 Å². The van der Waals surface area contributed by atoms with E-state index in [2.05, 4.69) is 10.9 Å². The Bertz CT molecular complexity index is 1220. The van der Waals surface area contributed by atoms with Crippen LogP contribution in [-0.4, -0.2) is 43.4 Å². The van der Waals surface area contributed by atoms with Crippen LogP contribution in [0.5, 0.6) is 0 Å². The topological polar surface area (TPSA) is 113 Å². The molecule has 0 saturated carbocycles. The van der Waals surface area contributed by atoms with Gasteiger partial charge in [-0.05, 0) is 73.9 Å². The Morgan fingerprint density at radius 3 is 2.29 bits per heavy atom. The first-order chi connectivity index (χ1) is 16.8. The maximum absolute atomic E-state index is 12.9. The summed E-state index contributed by atoms with van der Waals surface area (Å²) in [5.41, 5.74) is 7.84. The molecule has 0 atom stereocenters. The first-order valence-corrected chi connectivity index (χ1v) is 13.6. The third-order valence-electron chi connectivity index (χ3n) is 6.61. The van der Waals surface area contributed by atoms with Crippen molar-refractivity contribution in [3.8, 4) is 0 Å².